The first-order valence-corrected chi connectivity index (χ1v) is 17.7. The number of fused-ring (bicyclic) bond motifs is 6. The smallest absolute Gasteiger partial charge is 0.0362 e. The third-order valence-electron chi connectivity index (χ3n) is 10.0. The summed E-state index contributed by atoms with van der Waals surface area (Å²) in [4.78, 5) is 0. The van der Waals surface area contributed by atoms with Gasteiger partial charge in [-0.25, -0.2) is 0 Å². The van der Waals surface area contributed by atoms with Crippen LogP contribution in [0.25, 0.3) is 97.0 Å². The van der Waals surface area contributed by atoms with Gasteiger partial charge in [0, 0.05) is 20.2 Å². The van der Waals surface area contributed by atoms with Crippen LogP contribution in [0.5, 0.6) is 0 Å². The molecule has 0 saturated heterocycles. The Bertz CT molecular complexity index is 2800. The number of thiophene rings is 1. The highest BCUT2D eigenvalue weighted by atomic mass is 32.1. The van der Waals surface area contributed by atoms with E-state index in [0.717, 1.165) is 0 Å². The van der Waals surface area contributed by atoms with Crippen LogP contribution in [0, 0.1) is 0 Å². The summed E-state index contributed by atoms with van der Waals surface area (Å²) in [7, 11) is 0. The fraction of sp³-hybridized carbons (Fsp3) is 0. The van der Waals surface area contributed by atoms with E-state index in [1.165, 1.54) is 97.0 Å². The van der Waals surface area contributed by atoms with Gasteiger partial charge in [0.2, 0.25) is 0 Å². The van der Waals surface area contributed by atoms with Crippen LogP contribution in [0.15, 0.2) is 182 Å². The van der Waals surface area contributed by atoms with E-state index < -0.39 is 0 Å². The highest BCUT2D eigenvalue weighted by molar-refractivity contribution is 7.26. The van der Waals surface area contributed by atoms with E-state index in [9.17, 15) is 0 Å². The summed E-state index contributed by atoms with van der Waals surface area (Å²) in [6, 6.07) is 66.9. The van der Waals surface area contributed by atoms with Crippen LogP contribution in [0.1, 0.15) is 0 Å². The molecule has 1 heterocycles. The van der Waals surface area contributed by atoms with Crippen molar-refractivity contribution in [2.45, 2.75) is 0 Å². The van der Waals surface area contributed by atoms with Crippen LogP contribution >= 0.6 is 11.3 Å². The van der Waals surface area contributed by atoms with Gasteiger partial charge in [-0.3, -0.25) is 0 Å². The molecular weight excluding hydrogens is 609 g/mol. The summed E-state index contributed by atoms with van der Waals surface area (Å²) in [5.74, 6) is 0. The summed E-state index contributed by atoms with van der Waals surface area (Å²) in [6.07, 6.45) is 0. The topological polar surface area (TPSA) is 0 Å². The van der Waals surface area contributed by atoms with E-state index in [-0.39, 0.29) is 0 Å². The molecule has 0 aliphatic rings. The first-order valence-electron chi connectivity index (χ1n) is 16.8. The zero-order valence-electron chi connectivity index (χ0n) is 26.7. The molecule has 0 nitrogen and oxygen atoms in total. The molecule has 1 heteroatoms. The third-order valence-corrected chi connectivity index (χ3v) is 11.2. The molecule has 0 aliphatic heterocycles. The van der Waals surface area contributed by atoms with E-state index in [2.05, 4.69) is 182 Å². The molecule has 49 heavy (non-hydrogen) atoms. The minimum atomic E-state index is 1.23. The fourth-order valence-electron chi connectivity index (χ4n) is 7.80. The van der Waals surface area contributed by atoms with E-state index in [4.69, 9.17) is 0 Å². The maximum Gasteiger partial charge on any atom is 0.0362 e. The lowest BCUT2D eigenvalue weighted by atomic mass is 9.85. The Morgan fingerprint density at radius 2 is 0.796 bits per heavy atom. The first-order chi connectivity index (χ1) is 24.3. The number of benzene rings is 9. The SMILES string of the molecule is c1ccc(-c2ccc(-c3c4ccccc4c(-c4cccc(-c5cccc6sc7cc8ccccc8cc7c56)c4)c4ccccc34)cc2)cc1. The van der Waals surface area contributed by atoms with Crippen LogP contribution < -0.4 is 0 Å². The molecule has 9 aromatic carbocycles. The third kappa shape index (κ3) is 4.58. The van der Waals surface area contributed by atoms with Crippen LogP contribution in [0.3, 0.4) is 0 Å². The molecule has 10 aromatic rings. The summed E-state index contributed by atoms with van der Waals surface area (Å²) >= 11 is 1.89. The van der Waals surface area contributed by atoms with Crippen molar-refractivity contribution in [3.63, 3.8) is 0 Å². The van der Waals surface area contributed by atoms with Gasteiger partial charge >= 0.3 is 0 Å². The predicted octanol–water partition coefficient (Wildman–Crippen LogP) is 14.2. The van der Waals surface area contributed by atoms with Gasteiger partial charge in [0.15, 0.2) is 0 Å². The standard InChI is InChI=1S/C48H30S/c1-2-12-31(13-3-1)32-24-26-33(27-25-32)46-39-18-6-8-20-41(39)47(42-21-9-7-19-40(42)46)37-17-10-16-36(28-37)38-22-11-23-44-48(38)43-29-34-14-4-5-15-35(34)30-45(43)49-44/h1-30H. The van der Waals surface area contributed by atoms with Crippen LogP contribution in [-0.4, -0.2) is 0 Å². The Morgan fingerprint density at radius 1 is 0.286 bits per heavy atom. The monoisotopic (exact) mass is 638 g/mol. The van der Waals surface area contributed by atoms with Gasteiger partial charge in [-0.2, -0.15) is 0 Å². The molecule has 10 rings (SSSR count). The van der Waals surface area contributed by atoms with Gasteiger partial charge in [-0.05, 0) is 101 Å². The molecule has 0 bridgehead atoms. The Balaban J connectivity index is 1.18. The summed E-state index contributed by atoms with van der Waals surface area (Å²) in [5, 5.41) is 10.3. The van der Waals surface area contributed by atoms with E-state index in [1.54, 1.807) is 0 Å². The van der Waals surface area contributed by atoms with Crippen LogP contribution in [0.2, 0.25) is 0 Å². The lowest BCUT2D eigenvalue weighted by molar-refractivity contribution is 1.61. The zero-order chi connectivity index (χ0) is 32.3. The maximum atomic E-state index is 2.40. The molecule has 0 atom stereocenters. The van der Waals surface area contributed by atoms with Gasteiger partial charge in [-0.15, -0.1) is 11.3 Å². The molecule has 0 unspecified atom stereocenters. The molecular formula is C48H30S. The zero-order valence-corrected chi connectivity index (χ0v) is 27.5. The average Bonchev–Trinajstić information content (AvgIpc) is 3.54. The van der Waals surface area contributed by atoms with Crippen molar-refractivity contribution in [2.75, 3.05) is 0 Å². The second kappa shape index (κ2) is 11.3. The minimum absolute atomic E-state index is 1.23. The second-order valence-corrected chi connectivity index (χ2v) is 13.9. The maximum absolute atomic E-state index is 2.40. The fourth-order valence-corrected chi connectivity index (χ4v) is 8.97. The predicted molar refractivity (Wildman–Crippen MR) is 214 cm³/mol. The van der Waals surface area contributed by atoms with Gasteiger partial charge in [0.1, 0.15) is 0 Å². The van der Waals surface area contributed by atoms with Crippen molar-refractivity contribution in [2.24, 2.45) is 0 Å². The van der Waals surface area contributed by atoms with Crippen LogP contribution in [-0.2, 0) is 0 Å². The molecule has 0 saturated carbocycles. The van der Waals surface area contributed by atoms with Crippen molar-refractivity contribution < 1.29 is 0 Å². The number of hydrogen-bond acceptors (Lipinski definition) is 1. The quantitative estimate of drug-likeness (QED) is 0.168. The van der Waals surface area contributed by atoms with Gasteiger partial charge < -0.3 is 0 Å². The highest BCUT2D eigenvalue weighted by Gasteiger charge is 2.18. The Labute approximate surface area is 289 Å². The lowest BCUT2D eigenvalue weighted by Crippen LogP contribution is -1.91. The average molecular weight is 639 g/mol. The molecule has 0 N–H and O–H groups in total. The van der Waals surface area contributed by atoms with Gasteiger partial charge in [0.25, 0.3) is 0 Å². The molecule has 1 aromatic heterocycles. The first kappa shape index (κ1) is 28.0. The lowest BCUT2D eigenvalue weighted by Gasteiger charge is -2.18. The summed E-state index contributed by atoms with van der Waals surface area (Å²) in [6.45, 7) is 0. The molecule has 228 valence electrons. The van der Waals surface area contributed by atoms with Crippen molar-refractivity contribution >= 4 is 63.8 Å². The van der Waals surface area contributed by atoms with Crippen molar-refractivity contribution in [3.05, 3.63) is 182 Å². The van der Waals surface area contributed by atoms with E-state index in [1.807, 2.05) is 11.3 Å². The molecule has 0 radical (unpaired) electrons. The second-order valence-electron chi connectivity index (χ2n) is 12.8. The van der Waals surface area contributed by atoms with E-state index >= 15 is 0 Å². The van der Waals surface area contributed by atoms with E-state index in [0.29, 0.717) is 0 Å². The molecule has 0 fully saturated rings. The van der Waals surface area contributed by atoms with Gasteiger partial charge in [0.05, 0.1) is 0 Å². The van der Waals surface area contributed by atoms with Gasteiger partial charge in [-0.1, -0.05) is 158 Å². The van der Waals surface area contributed by atoms with Crippen molar-refractivity contribution in [1.82, 2.24) is 0 Å². The Hall–Kier alpha value is -6.02. The highest BCUT2D eigenvalue weighted by Crippen LogP contribution is 2.46. The van der Waals surface area contributed by atoms with Crippen molar-refractivity contribution in [1.29, 1.82) is 0 Å². The van der Waals surface area contributed by atoms with Crippen molar-refractivity contribution in [3.8, 4) is 44.5 Å². The number of hydrogen-bond donors (Lipinski definition) is 0. The Kier molecular flexibility index (Phi) is 6.47. The Morgan fingerprint density at radius 3 is 1.49 bits per heavy atom. The largest absolute Gasteiger partial charge is 0.135 e. The summed E-state index contributed by atoms with van der Waals surface area (Å²) < 4.78 is 2.66. The molecule has 0 spiro atoms. The normalized spacial score (nSPS) is 11.7. The van der Waals surface area contributed by atoms with Crippen LogP contribution in [0.4, 0.5) is 0 Å². The minimum Gasteiger partial charge on any atom is -0.135 e. The number of rotatable bonds is 4. The summed E-state index contributed by atoms with van der Waals surface area (Å²) in [5.41, 5.74) is 10.0. The molecule has 0 aliphatic carbocycles. The molecule has 0 amide bonds.